The third-order valence-corrected chi connectivity index (χ3v) is 4.32. The van der Waals surface area contributed by atoms with E-state index in [9.17, 15) is 4.79 Å². The van der Waals surface area contributed by atoms with Gasteiger partial charge in [-0.2, -0.15) is 0 Å². The van der Waals surface area contributed by atoms with Crippen molar-refractivity contribution in [2.24, 2.45) is 0 Å². The molecule has 0 radical (unpaired) electrons. The fourth-order valence-electron chi connectivity index (χ4n) is 3.18. The number of benzene rings is 2. The van der Waals surface area contributed by atoms with Gasteiger partial charge >= 0.3 is 0 Å². The molecule has 0 unspecified atom stereocenters. The zero-order valence-corrected chi connectivity index (χ0v) is 12.9. The second-order valence-electron chi connectivity index (χ2n) is 6.05. The molecule has 1 aliphatic rings. The lowest BCUT2D eigenvalue weighted by Crippen LogP contribution is -2.36. The molecule has 0 N–H and O–H groups in total. The molecule has 0 fully saturated rings. The van der Waals surface area contributed by atoms with Crippen LogP contribution in [0, 0.1) is 13.8 Å². The van der Waals surface area contributed by atoms with Gasteiger partial charge in [-0.15, -0.1) is 0 Å². The third-order valence-electron chi connectivity index (χ3n) is 4.32. The molecule has 0 saturated carbocycles. The summed E-state index contributed by atoms with van der Waals surface area (Å²) < 4.78 is 0. The molecule has 0 aromatic heterocycles. The number of amides is 1. The van der Waals surface area contributed by atoms with Crippen LogP contribution in [0.15, 0.2) is 42.5 Å². The van der Waals surface area contributed by atoms with E-state index in [2.05, 4.69) is 51.1 Å². The first-order valence-corrected chi connectivity index (χ1v) is 7.52. The van der Waals surface area contributed by atoms with E-state index in [1.54, 1.807) is 0 Å². The van der Waals surface area contributed by atoms with Crippen molar-refractivity contribution in [3.8, 4) is 0 Å². The molecule has 0 aliphatic carbocycles. The Bertz CT molecular complexity index is 690. The quantitative estimate of drug-likeness (QED) is 0.818. The van der Waals surface area contributed by atoms with Crippen molar-refractivity contribution in [3.05, 3.63) is 64.7 Å². The first-order chi connectivity index (χ1) is 10.1. The van der Waals surface area contributed by atoms with E-state index in [1.165, 1.54) is 16.7 Å². The molecule has 108 valence electrons. The lowest BCUT2D eigenvalue weighted by molar-refractivity contribution is -0.118. The van der Waals surface area contributed by atoms with Crippen LogP contribution in [0.5, 0.6) is 0 Å². The number of nitrogens with zero attached hydrogens (tertiary/aromatic N) is 1. The van der Waals surface area contributed by atoms with Crippen LogP contribution < -0.4 is 4.90 Å². The summed E-state index contributed by atoms with van der Waals surface area (Å²) in [5, 5.41) is 0. The lowest BCUT2D eigenvalue weighted by Gasteiger charge is -2.23. The molecule has 2 aromatic carbocycles. The lowest BCUT2D eigenvalue weighted by atomic mass is 10.0. The van der Waals surface area contributed by atoms with Crippen LogP contribution in [0.1, 0.15) is 29.2 Å². The maximum atomic E-state index is 12.8. The monoisotopic (exact) mass is 279 g/mol. The van der Waals surface area contributed by atoms with Gasteiger partial charge in [-0.05, 0) is 49.9 Å². The smallest absolute Gasteiger partial charge is 0.231 e. The molecule has 1 aliphatic heterocycles. The normalized spacial score (nSPS) is 16.9. The number of aryl methyl sites for hydroxylation is 2. The van der Waals surface area contributed by atoms with Crippen molar-refractivity contribution in [1.82, 2.24) is 0 Å². The fraction of sp³-hybridized carbons (Fsp3) is 0.316. The molecule has 1 amide bonds. The molecule has 3 rings (SSSR count). The Hall–Kier alpha value is -2.09. The summed E-state index contributed by atoms with van der Waals surface area (Å²) in [6.45, 7) is 6.27. The second-order valence-corrected chi connectivity index (χ2v) is 6.05. The zero-order chi connectivity index (χ0) is 15.0. The Morgan fingerprint density at radius 2 is 1.95 bits per heavy atom. The Kier molecular flexibility index (Phi) is 3.54. The highest BCUT2D eigenvalue weighted by molar-refractivity contribution is 5.97. The highest BCUT2D eigenvalue weighted by atomic mass is 16.2. The van der Waals surface area contributed by atoms with Crippen molar-refractivity contribution in [1.29, 1.82) is 0 Å². The Labute approximate surface area is 126 Å². The van der Waals surface area contributed by atoms with Crippen LogP contribution in [0.4, 0.5) is 5.69 Å². The summed E-state index contributed by atoms with van der Waals surface area (Å²) in [4.78, 5) is 14.7. The minimum atomic E-state index is 0.196. The average Bonchev–Trinajstić information content (AvgIpc) is 2.78. The van der Waals surface area contributed by atoms with E-state index < -0.39 is 0 Å². The van der Waals surface area contributed by atoms with Gasteiger partial charge in [-0.25, -0.2) is 0 Å². The standard InChI is InChI=1S/C19H21NO/c1-13-8-9-14(2)17(10-13)12-19(21)20-15(3)11-16-6-4-5-7-18(16)20/h4-10,15H,11-12H2,1-3H3/t15-/m0/s1. The maximum Gasteiger partial charge on any atom is 0.231 e. The third kappa shape index (κ3) is 2.58. The fourth-order valence-corrected chi connectivity index (χ4v) is 3.18. The molecule has 1 heterocycles. The van der Waals surface area contributed by atoms with Crippen molar-refractivity contribution >= 4 is 11.6 Å². The summed E-state index contributed by atoms with van der Waals surface area (Å²) in [5.41, 5.74) is 5.89. The molecule has 2 aromatic rings. The zero-order valence-electron chi connectivity index (χ0n) is 12.9. The van der Waals surface area contributed by atoms with Gasteiger partial charge in [0.15, 0.2) is 0 Å². The topological polar surface area (TPSA) is 20.3 Å². The van der Waals surface area contributed by atoms with Gasteiger partial charge in [0.2, 0.25) is 5.91 Å². The summed E-state index contributed by atoms with van der Waals surface area (Å²) in [6.07, 6.45) is 1.43. The second kappa shape index (κ2) is 5.36. The first-order valence-electron chi connectivity index (χ1n) is 7.52. The van der Waals surface area contributed by atoms with Crippen molar-refractivity contribution < 1.29 is 4.79 Å². The molecular formula is C19H21NO. The number of carbonyl (C=O) groups is 1. The molecule has 1 atom stereocenters. The highest BCUT2D eigenvalue weighted by Crippen LogP contribution is 2.32. The number of anilines is 1. The van der Waals surface area contributed by atoms with Crippen LogP contribution in [0.2, 0.25) is 0 Å². The van der Waals surface area contributed by atoms with E-state index in [0.29, 0.717) is 6.42 Å². The Morgan fingerprint density at radius 1 is 1.19 bits per heavy atom. The van der Waals surface area contributed by atoms with E-state index in [4.69, 9.17) is 0 Å². The van der Waals surface area contributed by atoms with Gasteiger partial charge in [0.05, 0.1) is 6.42 Å². The van der Waals surface area contributed by atoms with Crippen molar-refractivity contribution in [3.63, 3.8) is 0 Å². The van der Waals surface area contributed by atoms with Crippen LogP contribution >= 0.6 is 0 Å². The molecule has 0 bridgehead atoms. The van der Waals surface area contributed by atoms with Crippen LogP contribution in [-0.4, -0.2) is 11.9 Å². The Morgan fingerprint density at radius 3 is 2.76 bits per heavy atom. The molecule has 0 spiro atoms. The minimum absolute atomic E-state index is 0.196. The predicted octanol–water partition coefficient (Wildman–Crippen LogP) is 3.82. The van der Waals surface area contributed by atoms with Crippen LogP contribution in [-0.2, 0) is 17.6 Å². The predicted molar refractivity (Wildman–Crippen MR) is 86.7 cm³/mol. The number of hydrogen-bond donors (Lipinski definition) is 0. The molecule has 0 saturated heterocycles. The summed E-state index contributed by atoms with van der Waals surface area (Å²) >= 11 is 0. The van der Waals surface area contributed by atoms with E-state index in [-0.39, 0.29) is 11.9 Å². The summed E-state index contributed by atoms with van der Waals surface area (Å²) in [5.74, 6) is 0.196. The molecular weight excluding hydrogens is 258 g/mol. The largest absolute Gasteiger partial charge is 0.309 e. The number of rotatable bonds is 2. The van der Waals surface area contributed by atoms with E-state index in [0.717, 1.165) is 17.7 Å². The highest BCUT2D eigenvalue weighted by Gasteiger charge is 2.30. The van der Waals surface area contributed by atoms with Gasteiger partial charge in [-0.3, -0.25) is 4.79 Å². The van der Waals surface area contributed by atoms with Gasteiger partial charge in [0.25, 0.3) is 0 Å². The van der Waals surface area contributed by atoms with Crippen LogP contribution in [0.25, 0.3) is 0 Å². The Balaban J connectivity index is 1.87. The average molecular weight is 279 g/mol. The van der Waals surface area contributed by atoms with Gasteiger partial charge in [0, 0.05) is 11.7 Å². The van der Waals surface area contributed by atoms with Gasteiger partial charge < -0.3 is 4.90 Å². The van der Waals surface area contributed by atoms with Crippen LogP contribution in [0.3, 0.4) is 0 Å². The number of para-hydroxylation sites is 1. The molecule has 2 heteroatoms. The molecule has 2 nitrogen and oxygen atoms in total. The first kappa shape index (κ1) is 13.9. The minimum Gasteiger partial charge on any atom is -0.309 e. The molecule has 21 heavy (non-hydrogen) atoms. The van der Waals surface area contributed by atoms with Gasteiger partial charge in [-0.1, -0.05) is 42.0 Å². The number of carbonyl (C=O) groups excluding carboxylic acids is 1. The SMILES string of the molecule is Cc1ccc(C)c(CC(=O)N2c3ccccc3C[C@@H]2C)c1. The maximum absolute atomic E-state index is 12.8. The van der Waals surface area contributed by atoms with E-state index >= 15 is 0 Å². The van der Waals surface area contributed by atoms with Crippen molar-refractivity contribution in [2.45, 2.75) is 39.7 Å². The van der Waals surface area contributed by atoms with E-state index in [1.807, 2.05) is 17.0 Å². The number of fused-ring (bicyclic) bond motifs is 1. The van der Waals surface area contributed by atoms with Crippen molar-refractivity contribution in [2.75, 3.05) is 4.90 Å². The van der Waals surface area contributed by atoms with Gasteiger partial charge in [0.1, 0.15) is 0 Å². The number of hydrogen-bond acceptors (Lipinski definition) is 1. The summed E-state index contributed by atoms with van der Waals surface area (Å²) in [7, 11) is 0. The summed E-state index contributed by atoms with van der Waals surface area (Å²) in [6, 6.07) is 14.8.